The lowest BCUT2D eigenvalue weighted by molar-refractivity contribution is 0.718. The van der Waals surface area contributed by atoms with Crippen LogP contribution in [0.15, 0.2) is 41.5 Å². The molecule has 0 fully saturated rings. The number of benzene rings is 1. The van der Waals surface area contributed by atoms with Crippen LogP contribution in [-0.2, 0) is 12.8 Å². The van der Waals surface area contributed by atoms with Crippen LogP contribution in [0, 0.1) is 0 Å². The number of aromatic nitrogens is 1. The third-order valence-electron chi connectivity index (χ3n) is 4.29. The van der Waals surface area contributed by atoms with Crippen LogP contribution in [0.1, 0.15) is 36.6 Å². The van der Waals surface area contributed by atoms with Crippen molar-refractivity contribution in [3.8, 4) is 0 Å². The highest BCUT2D eigenvalue weighted by Crippen LogP contribution is 2.13. The number of guanidine groups is 1. The average Bonchev–Trinajstić information content (AvgIpc) is 3.16. The van der Waals surface area contributed by atoms with Crippen molar-refractivity contribution in [1.29, 1.82) is 0 Å². The van der Waals surface area contributed by atoms with Crippen LogP contribution >= 0.6 is 11.3 Å². The molecule has 0 aliphatic carbocycles. The first-order valence-electron chi connectivity index (χ1n) is 9.94. The Bertz CT molecular complexity index is 668. The molecule has 0 unspecified atom stereocenters. The van der Waals surface area contributed by atoms with E-state index in [0.29, 0.717) is 0 Å². The van der Waals surface area contributed by atoms with Gasteiger partial charge in [-0.3, -0.25) is 4.99 Å². The van der Waals surface area contributed by atoms with Gasteiger partial charge in [0.05, 0.1) is 5.01 Å². The van der Waals surface area contributed by atoms with Gasteiger partial charge >= 0.3 is 0 Å². The lowest BCUT2D eigenvalue weighted by atomic mass is 10.2. The molecule has 0 bridgehead atoms. The molecule has 1 aromatic carbocycles. The molecule has 0 amide bonds. The van der Waals surface area contributed by atoms with Gasteiger partial charge in [-0.15, -0.1) is 11.3 Å². The van der Waals surface area contributed by atoms with E-state index in [1.165, 1.54) is 15.6 Å². The summed E-state index contributed by atoms with van der Waals surface area (Å²) in [6, 6.07) is 10.5. The van der Waals surface area contributed by atoms with Crippen molar-refractivity contribution in [1.82, 2.24) is 15.6 Å². The summed E-state index contributed by atoms with van der Waals surface area (Å²) >= 11 is 1.81. The first kappa shape index (κ1) is 21.2. The van der Waals surface area contributed by atoms with Crippen LogP contribution in [0.2, 0.25) is 0 Å². The molecule has 0 aliphatic rings. The van der Waals surface area contributed by atoms with Gasteiger partial charge in [-0.2, -0.15) is 0 Å². The number of thiazole rings is 1. The molecule has 2 rings (SSSR count). The molecule has 1 heterocycles. The lowest BCUT2D eigenvalue weighted by Crippen LogP contribution is -2.38. The predicted molar refractivity (Wildman–Crippen MR) is 118 cm³/mol. The van der Waals surface area contributed by atoms with Gasteiger partial charge < -0.3 is 15.5 Å². The maximum Gasteiger partial charge on any atom is 0.191 e. The first-order chi connectivity index (χ1) is 13.2. The summed E-state index contributed by atoms with van der Waals surface area (Å²) in [6.45, 7) is 7.89. The number of unbranched alkanes of at least 4 members (excludes halogenated alkanes) is 1. The topological polar surface area (TPSA) is 52.6 Å². The minimum Gasteiger partial charge on any atom is -0.375 e. The number of rotatable bonds is 11. The van der Waals surface area contributed by atoms with E-state index in [0.717, 1.165) is 57.8 Å². The van der Waals surface area contributed by atoms with Crippen LogP contribution < -0.4 is 15.5 Å². The lowest BCUT2D eigenvalue weighted by Gasteiger charge is -2.18. The zero-order valence-corrected chi connectivity index (χ0v) is 17.7. The molecule has 27 heavy (non-hydrogen) atoms. The van der Waals surface area contributed by atoms with E-state index in [9.17, 15) is 0 Å². The van der Waals surface area contributed by atoms with Gasteiger partial charge in [0.1, 0.15) is 0 Å². The zero-order chi connectivity index (χ0) is 19.3. The number of nitrogens with zero attached hydrogens (tertiary/aromatic N) is 3. The monoisotopic (exact) mass is 387 g/mol. The Labute approximate surface area is 167 Å². The van der Waals surface area contributed by atoms with E-state index in [4.69, 9.17) is 4.99 Å². The maximum absolute atomic E-state index is 4.69. The van der Waals surface area contributed by atoms with Crippen molar-refractivity contribution >= 4 is 23.0 Å². The third-order valence-corrected chi connectivity index (χ3v) is 5.50. The number of nitrogens with one attached hydrogen (secondary N) is 2. The van der Waals surface area contributed by atoms with Gasteiger partial charge in [-0.25, -0.2) is 4.98 Å². The molecule has 0 radical (unpaired) electrons. The summed E-state index contributed by atoms with van der Waals surface area (Å²) in [5.41, 5.74) is 1.27. The second-order valence-corrected chi connectivity index (χ2v) is 7.68. The minimum atomic E-state index is 0.842. The van der Waals surface area contributed by atoms with Gasteiger partial charge in [-0.05, 0) is 38.3 Å². The van der Waals surface area contributed by atoms with E-state index < -0.39 is 0 Å². The fourth-order valence-electron chi connectivity index (χ4n) is 2.72. The molecule has 0 atom stereocenters. The number of aliphatic imine (C=N–C) groups is 1. The van der Waals surface area contributed by atoms with Crippen molar-refractivity contribution in [3.05, 3.63) is 46.4 Å². The third kappa shape index (κ3) is 7.99. The molecule has 2 N–H and O–H groups in total. The Balaban J connectivity index is 1.66. The molecular formula is C21H33N5S. The summed E-state index contributed by atoms with van der Waals surface area (Å²) in [4.78, 5) is 12.8. The Morgan fingerprint density at radius 2 is 1.96 bits per heavy atom. The van der Waals surface area contributed by atoms with Crippen molar-refractivity contribution in [2.75, 3.05) is 38.1 Å². The van der Waals surface area contributed by atoms with E-state index in [1.54, 1.807) is 0 Å². The summed E-state index contributed by atoms with van der Waals surface area (Å²) in [7, 11) is 2.15. The van der Waals surface area contributed by atoms with E-state index in [1.807, 2.05) is 17.5 Å². The normalized spacial score (nSPS) is 11.4. The number of anilines is 1. The van der Waals surface area contributed by atoms with Crippen molar-refractivity contribution in [3.63, 3.8) is 0 Å². The average molecular weight is 388 g/mol. The molecule has 6 heteroatoms. The SMILES string of the molecule is CCNC(=NCCCCN(C)c1ccccc1)NCCc1ncc(CC)s1. The fourth-order valence-corrected chi connectivity index (χ4v) is 3.58. The molecule has 1 aromatic heterocycles. The zero-order valence-electron chi connectivity index (χ0n) is 16.9. The summed E-state index contributed by atoms with van der Waals surface area (Å²) in [6.07, 6.45) is 6.21. The Morgan fingerprint density at radius 3 is 2.67 bits per heavy atom. The van der Waals surface area contributed by atoms with Gasteiger partial charge in [0.25, 0.3) is 0 Å². The highest BCUT2D eigenvalue weighted by Gasteiger charge is 2.02. The smallest absolute Gasteiger partial charge is 0.191 e. The van der Waals surface area contributed by atoms with Gasteiger partial charge in [0, 0.05) is 56.4 Å². The van der Waals surface area contributed by atoms with Crippen LogP contribution in [-0.4, -0.2) is 44.2 Å². The van der Waals surface area contributed by atoms with Crippen molar-refractivity contribution in [2.45, 2.75) is 39.5 Å². The summed E-state index contributed by atoms with van der Waals surface area (Å²) in [5.74, 6) is 0.904. The van der Waals surface area contributed by atoms with E-state index in [2.05, 4.69) is 71.7 Å². The van der Waals surface area contributed by atoms with Crippen LogP contribution in [0.3, 0.4) is 0 Å². The second kappa shape index (κ2) is 12.3. The number of aryl methyl sites for hydroxylation is 1. The molecular weight excluding hydrogens is 354 g/mol. The fraction of sp³-hybridized carbons (Fsp3) is 0.524. The minimum absolute atomic E-state index is 0.842. The number of hydrogen-bond acceptors (Lipinski definition) is 4. The largest absolute Gasteiger partial charge is 0.375 e. The van der Waals surface area contributed by atoms with E-state index >= 15 is 0 Å². The molecule has 148 valence electrons. The molecule has 0 aliphatic heterocycles. The van der Waals surface area contributed by atoms with Crippen LogP contribution in [0.4, 0.5) is 5.69 Å². The molecule has 5 nitrogen and oxygen atoms in total. The van der Waals surface area contributed by atoms with Gasteiger partial charge in [0.2, 0.25) is 0 Å². The Hall–Kier alpha value is -2.08. The Kier molecular flexibility index (Phi) is 9.69. The van der Waals surface area contributed by atoms with Crippen LogP contribution in [0.25, 0.3) is 0 Å². The molecule has 0 saturated heterocycles. The summed E-state index contributed by atoms with van der Waals surface area (Å²) in [5, 5.41) is 7.93. The number of para-hydroxylation sites is 1. The quantitative estimate of drug-likeness (QED) is 0.350. The molecule has 0 saturated carbocycles. The second-order valence-electron chi connectivity index (χ2n) is 6.48. The molecule has 0 spiro atoms. The maximum atomic E-state index is 4.69. The first-order valence-corrected chi connectivity index (χ1v) is 10.8. The standard InChI is InChI=1S/C21H33N5S/c1-4-19-17-25-20(27-19)13-15-24-21(22-5-2)23-14-9-10-16-26(3)18-11-7-6-8-12-18/h6-8,11-12,17H,4-5,9-10,13-16H2,1-3H3,(H2,22,23,24). The highest BCUT2D eigenvalue weighted by atomic mass is 32.1. The van der Waals surface area contributed by atoms with Crippen molar-refractivity contribution < 1.29 is 0 Å². The summed E-state index contributed by atoms with van der Waals surface area (Å²) < 4.78 is 0. The van der Waals surface area contributed by atoms with E-state index in [-0.39, 0.29) is 0 Å². The van der Waals surface area contributed by atoms with Crippen molar-refractivity contribution in [2.24, 2.45) is 4.99 Å². The van der Waals surface area contributed by atoms with Gasteiger partial charge in [-0.1, -0.05) is 25.1 Å². The highest BCUT2D eigenvalue weighted by molar-refractivity contribution is 7.11. The number of hydrogen-bond donors (Lipinski definition) is 2. The molecule has 2 aromatic rings. The predicted octanol–water partition coefficient (Wildman–Crippen LogP) is 3.72. The van der Waals surface area contributed by atoms with Gasteiger partial charge in [0.15, 0.2) is 5.96 Å². The van der Waals surface area contributed by atoms with Crippen LogP contribution in [0.5, 0.6) is 0 Å². The Morgan fingerprint density at radius 1 is 1.15 bits per heavy atom.